The van der Waals surface area contributed by atoms with E-state index in [-0.39, 0.29) is 17.1 Å². The minimum absolute atomic E-state index is 0.120. The molecule has 0 unspecified atom stereocenters. The zero-order valence-electron chi connectivity index (χ0n) is 11.1. The highest BCUT2D eigenvalue weighted by Gasteiger charge is 2.09. The van der Waals surface area contributed by atoms with E-state index in [1.54, 1.807) is 0 Å². The summed E-state index contributed by atoms with van der Waals surface area (Å²) in [4.78, 5) is 12.1. The summed E-state index contributed by atoms with van der Waals surface area (Å²) in [7, 11) is 0. The highest BCUT2D eigenvalue weighted by atomic mass is 35.5. The van der Waals surface area contributed by atoms with Gasteiger partial charge in [-0.3, -0.25) is 4.79 Å². The molecule has 2 aromatic rings. The average Bonchev–Trinajstić information content (AvgIpc) is 2.44. The average molecular weight is 288 g/mol. The first kappa shape index (κ1) is 14.2. The molecule has 1 heterocycles. The second-order valence-corrected chi connectivity index (χ2v) is 4.78. The smallest absolute Gasteiger partial charge is 0.292 e. The van der Waals surface area contributed by atoms with Gasteiger partial charge in [0.2, 0.25) is 0 Å². The topological polar surface area (TPSA) is 46.9 Å². The van der Waals surface area contributed by atoms with Gasteiger partial charge in [0.05, 0.1) is 11.2 Å². The van der Waals surface area contributed by atoms with Crippen molar-refractivity contribution in [3.05, 3.63) is 57.0 Å². The van der Waals surface area contributed by atoms with Crippen molar-refractivity contribution in [3.63, 3.8) is 0 Å². The van der Waals surface area contributed by atoms with Crippen LogP contribution in [0.1, 0.15) is 11.1 Å². The Kier molecular flexibility index (Phi) is 4.44. The van der Waals surface area contributed by atoms with Crippen LogP contribution in [0.3, 0.4) is 0 Å². The number of benzene rings is 1. The molecule has 0 saturated heterocycles. The minimum Gasteiger partial charge on any atom is -0.375 e. The molecule has 0 aliphatic rings. The van der Waals surface area contributed by atoms with Gasteiger partial charge in [0.1, 0.15) is 12.2 Å². The van der Waals surface area contributed by atoms with Gasteiger partial charge in [-0.1, -0.05) is 47.4 Å². The Bertz CT molecular complexity index is 699. The van der Waals surface area contributed by atoms with Crippen molar-refractivity contribution in [3.8, 4) is 12.3 Å². The largest absolute Gasteiger partial charge is 0.375 e. The van der Waals surface area contributed by atoms with Crippen LogP contribution >= 0.6 is 11.6 Å². The maximum absolute atomic E-state index is 12.1. The molecule has 0 aliphatic heterocycles. The lowest BCUT2D eigenvalue weighted by Crippen LogP contribution is -2.25. The molecule has 1 N–H and O–H groups in total. The quantitative estimate of drug-likeness (QED) is 0.879. The molecular weight excluding hydrogens is 274 g/mol. The third-order valence-electron chi connectivity index (χ3n) is 2.83. The van der Waals surface area contributed by atoms with Crippen LogP contribution in [-0.4, -0.2) is 9.78 Å². The van der Waals surface area contributed by atoms with E-state index in [0.29, 0.717) is 12.2 Å². The number of rotatable bonds is 4. The lowest BCUT2D eigenvalue weighted by Gasteiger charge is -2.09. The maximum atomic E-state index is 12.1. The van der Waals surface area contributed by atoms with E-state index >= 15 is 0 Å². The fourth-order valence-electron chi connectivity index (χ4n) is 1.72. The van der Waals surface area contributed by atoms with E-state index in [9.17, 15) is 4.79 Å². The van der Waals surface area contributed by atoms with Crippen LogP contribution in [0.15, 0.2) is 35.3 Å². The molecule has 1 aromatic heterocycles. The zero-order valence-corrected chi connectivity index (χ0v) is 11.8. The summed E-state index contributed by atoms with van der Waals surface area (Å²) >= 11 is 6.00. The van der Waals surface area contributed by atoms with E-state index in [0.717, 1.165) is 5.56 Å². The summed E-state index contributed by atoms with van der Waals surface area (Å²) in [6.07, 6.45) is 6.61. The second kappa shape index (κ2) is 6.27. The monoisotopic (exact) mass is 287 g/mol. The first-order valence-corrected chi connectivity index (χ1v) is 6.48. The van der Waals surface area contributed by atoms with Crippen molar-refractivity contribution in [2.45, 2.75) is 20.0 Å². The maximum Gasteiger partial charge on any atom is 0.292 e. The van der Waals surface area contributed by atoms with Gasteiger partial charge in [-0.15, -0.1) is 6.42 Å². The van der Waals surface area contributed by atoms with Crippen molar-refractivity contribution in [1.82, 2.24) is 9.78 Å². The summed E-state index contributed by atoms with van der Waals surface area (Å²) in [6.45, 7) is 2.65. The highest BCUT2D eigenvalue weighted by Crippen LogP contribution is 2.16. The van der Waals surface area contributed by atoms with Gasteiger partial charge in [-0.05, 0) is 12.5 Å². The Morgan fingerprint density at radius 2 is 2.10 bits per heavy atom. The lowest BCUT2D eigenvalue weighted by atomic mass is 10.1. The summed E-state index contributed by atoms with van der Waals surface area (Å²) < 4.78 is 1.20. The molecule has 1 aromatic carbocycles. The molecule has 0 atom stereocenters. The van der Waals surface area contributed by atoms with Gasteiger partial charge >= 0.3 is 0 Å². The van der Waals surface area contributed by atoms with Crippen LogP contribution in [0.5, 0.6) is 0 Å². The summed E-state index contributed by atoms with van der Waals surface area (Å²) in [5.74, 6) is 2.38. The van der Waals surface area contributed by atoms with Crippen LogP contribution in [0.4, 0.5) is 5.69 Å². The van der Waals surface area contributed by atoms with E-state index < -0.39 is 0 Å². The molecule has 0 aliphatic carbocycles. The van der Waals surface area contributed by atoms with Gasteiger partial charge in [-0.25, -0.2) is 4.68 Å². The van der Waals surface area contributed by atoms with Gasteiger partial charge in [-0.2, -0.15) is 5.10 Å². The third kappa shape index (κ3) is 3.19. The van der Waals surface area contributed by atoms with Crippen LogP contribution in [0.2, 0.25) is 5.02 Å². The van der Waals surface area contributed by atoms with E-state index in [4.69, 9.17) is 18.0 Å². The molecule has 0 radical (unpaired) electrons. The number of anilines is 1. The molecule has 20 heavy (non-hydrogen) atoms. The fourth-order valence-corrected chi connectivity index (χ4v) is 1.92. The Morgan fingerprint density at radius 3 is 2.75 bits per heavy atom. The number of hydrogen-bond donors (Lipinski definition) is 1. The Morgan fingerprint density at radius 1 is 1.40 bits per heavy atom. The van der Waals surface area contributed by atoms with Crippen LogP contribution in [-0.2, 0) is 13.1 Å². The van der Waals surface area contributed by atoms with Crippen molar-refractivity contribution >= 4 is 17.3 Å². The van der Waals surface area contributed by atoms with Crippen molar-refractivity contribution in [2.24, 2.45) is 0 Å². The van der Waals surface area contributed by atoms with E-state index in [2.05, 4.69) is 16.3 Å². The Labute approximate surface area is 122 Å². The number of halogens is 1. The zero-order chi connectivity index (χ0) is 14.5. The van der Waals surface area contributed by atoms with Crippen LogP contribution < -0.4 is 10.9 Å². The molecule has 4 nitrogen and oxygen atoms in total. The predicted octanol–water partition coefficient (Wildman–Crippen LogP) is 2.45. The first-order chi connectivity index (χ1) is 9.61. The molecule has 2 rings (SSSR count). The molecular formula is C15H14ClN3O. The van der Waals surface area contributed by atoms with Crippen molar-refractivity contribution < 1.29 is 0 Å². The van der Waals surface area contributed by atoms with Gasteiger partial charge in [0.15, 0.2) is 0 Å². The molecule has 0 fully saturated rings. The van der Waals surface area contributed by atoms with Gasteiger partial charge in [0, 0.05) is 6.54 Å². The van der Waals surface area contributed by atoms with Crippen LogP contribution in [0.25, 0.3) is 0 Å². The third-order valence-corrected chi connectivity index (χ3v) is 3.12. The normalized spacial score (nSPS) is 10.1. The molecule has 0 spiro atoms. The summed E-state index contributed by atoms with van der Waals surface area (Å²) in [5.41, 5.74) is 2.25. The van der Waals surface area contributed by atoms with Crippen molar-refractivity contribution in [1.29, 1.82) is 0 Å². The van der Waals surface area contributed by atoms with Crippen LogP contribution in [0, 0.1) is 19.3 Å². The molecule has 0 saturated carbocycles. The number of hydrogen-bond acceptors (Lipinski definition) is 3. The SMILES string of the molecule is C#CCn1ncc(Cl)c(NCc2ccc(C)cc2)c1=O. The number of aryl methyl sites for hydroxylation is 1. The van der Waals surface area contributed by atoms with Gasteiger partial charge in [0.25, 0.3) is 5.56 Å². The molecule has 0 amide bonds. The molecule has 5 heteroatoms. The Balaban J connectivity index is 2.21. The number of aromatic nitrogens is 2. The fraction of sp³-hybridized carbons (Fsp3) is 0.200. The standard InChI is InChI=1S/C15H14ClN3O/c1-3-8-19-15(20)14(13(16)10-18-19)17-9-12-6-4-11(2)5-7-12/h1,4-7,10,17H,8-9H2,2H3. The summed E-state index contributed by atoms with van der Waals surface area (Å²) in [5, 5.41) is 7.21. The lowest BCUT2D eigenvalue weighted by molar-refractivity contribution is 0.664. The molecule has 0 bridgehead atoms. The van der Waals surface area contributed by atoms with E-state index in [1.165, 1.54) is 16.4 Å². The minimum atomic E-state index is -0.317. The first-order valence-electron chi connectivity index (χ1n) is 6.10. The number of terminal acetylenes is 1. The second-order valence-electron chi connectivity index (χ2n) is 4.37. The number of nitrogens with one attached hydrogen (secondary N) is 1. The summed E-state index contributed by atoms with van der Waals surface area (Å²) in [6, 6.07) is 8.03. The van der Waals surface area contributed by atoms with Crippen molar-refractivity contribution in [2.75, 3.05) is 5.32 Å². The highest BCUT2D eigenvalue weighted by molar-refractivity contribution is 6.32. The Hall–Kier alpha value is -2.25. The number of nitrogens with zero attached hydrogens (tertiary/aromatic N) is 2. The van der Waals surface area contributed by atoms with E-state index in [1.807, 2.05) is 31.2 Å². The molecule has 102 valence electrons. The van der Waals surface area contributed by atoms with Gasteiger partial charge < -0.3 is 5.32 Å². The predicted molar refractivity (Wildman–Crippen MR) is 80.8 cm³/mol.